The molecule has 1 atom stereocenters. The molecule has 140 valence electrons. The summed E-state index contributed by atoms with van der Waals surface area (Å²) in [6.07, 6.45) is -0.676. The molecular weight excluding hydrogens is 366 g/mol. The van der Waals surface area contributed by atoms with Gasteiger partial charge in [0.05, 0.1) is 6.54 Å². The van der Waals surface area contributed by atoms with Gasteiger partial charge >= 0.3 is 0 Å². The highest BCUT2D eigenvalue weighted by molar-refractivity contribution is 6.31. The summed E-state index contributed by atoms with van der Waals surface area (Å²) < 4.78 is 10.8. The third-order valence-corrected chi connectivity index (χ3v) is 4.43. The summed E-state index contributed by atoms with van der Waals surface area (Å²) >= 11 is 5.99. The van der Waals surface area contributed by atoms with Crippen molar-refractivity contribution >= 4 is 17.5 Å². The Bertz CT molecular complexity index is 938. The predicted octanol–water partition coefficient (Wildman–Crippen LogP) is 4.09. The average molecular weight is 386 g/mol. The number of hydrogen-bond donors (Lipinski definition) is 1. The number of carbonyl (C=O) groups excluding carboxylic acids is 1. The summed E-state index contributed by atoms with van der Waals surface area (Å²) in [5.41, 5.74) is 2.90. The molecule has 0 aliphatic heterocycles. The van der Waals surface area contributed by atoms with E-state index >= 15 is 0 Å². The minimum atomic E-state index is -0.676. The van der Waals surface area contributed by atoms with Gasteiger partial charge in [0.15, 0.2) is 6.10 Å². The third kappa shape index (κ3) is 4.86. The van der Waals surface area contributed by atoms with Crippen molar-refractivity contribution in [1.82, 2.24) is 15.5 Å². The van der Waals surface area contributed by atoms with Gasteiger partial charge in [-0.05, 0) is 44.5 Å². The third-order valence-electron chi connectivity index (χ3n) is 4.00. The summed E-state index contributed by atoms with van der Waals surface area (Å²) in [7, 11) is 0. The number of aromatic nitrogens is 2. The number of nitrogens with one attached hydrogen (secondary N) is 1. The van der Waals surface area contributed by atoms with Crippen molar-refractivity contribution < 1.29 is 14.1 Å². The van der Waals surface area contributed by atoms with Crippen molar-refractivity contribution in [3.8, 4) is 17.1 Å². The number of nitrogens with zero attached hydrogens (tertiary/aromatic N) is 2. The maximum absolute atomic E-state index is 12.2. The van der Waals surface area contributed by atoms with Crippen LogP contribution in [0.3, 0.4) is 0 Å². The molecule has 1 unspecified atom stereocenters. The van der Waals surface area contributed by atoms with Gasteiger partial charge in [-0.15, -0.1) is 0 Å². The Balaban J connectivity index is 1.55. The molecule has 27 heavy (non-hydrogen) atoms. The molecule has 1 aromatic heterocycles. The average Bonchev–Trinajstić information content (AvgIpc) is 3.12. The van der Waals surface area contributed by atoms with Crippen LogP contribution < -0.4 is 10.1 Å². The maximum atomic E-state index is 12.2. The molecule has 0 radical (unpaired) electrons. The molecule has 1 heterocycles. The number of aryl methyl sites for hydroxylation is 2. The standard InChI is InChI=1S/C20H20ClN3O3/c1-12-4-6-15(7-5-12)19-23-18(27-24-19)11-22-20(25)14(3)26-16-8-9-17(21)13(2)10-16/h4-10,14H,11H2,1-3H3,(H,22,25). The van der Waals surface area contributed by atoms with Gasteiger partial charge in [0.25, 0.3) is 5.91 Å². The number of benzene rings is 2. The van der Waals surface area contributed by atoms with E-state index < -0.39 is 6.10 Å². The van der Waals surface area contributed by atoms with E-state index in [2.05, 4.69) is 15.5 Å². The van der Waals surface area contributed by atoms with Gasteiger partial charge in [0, 0.05) is 10.6 Å². The number of halogens is 1. The number of rotatable bonds is 6. The van der Waals surface area contributed by atoms with Crippen LogP contribution >= 0.6 is 11.6 Å². The molecule has 3 rings (SSSR count). The van der Waals surface area contributed by atoms with Crippen LogP contribution in [0.15, 0.2) is 47.0 Å². The van der Waals surface area contributed by atoms with Gasteiger partial charge in [-0.3, -0.25) is 4.79 Å². The van der Waals surface area contributed by atoms with E-state index in [9.17, 15) is 4.79 Å². The first-order chi connectivity index (χ1) is 12.9. The maximum Gasteiger partial charge on any atom is 0.261 e. The topological polar surface area (TPSA) is 77.2 Å². The molecule has 0 spiro atoms. The van der Waals surface area contributed by atoms with E-state index in [1.54, 1.807) is 25.1 Å². The second kappa shape index (κ2) is 8.22. The quantitative estimate of drug-likeness (QED) is 0.691. The highest BCUT2D eigenvalue weighted by Gasteiger charge is 2.16. The van der Waals surface area contributed by atoms with E-state index in [4.69, 9.17) is 20.9 Å². The van der Waals surface area contributed by atoms with Crippen LogP contribution in [0.4, 0.5) is 0 Å². The lowest BCUT2D eigenvalue weighted by Crippen LogP contribution is -2.36. The SMILES string of the molecule is Cc1ccc(-c2noc(CNC(=O)C(C)Oc3ccc(Cl)c(C)c3)n2)cc1. The van der Waals surface area contributed by atoms with Gasteiger partial charge in [-0.2, -0.15) is 4.98 Å². The molecule has 7 heteroatoms. The highest BCUT2D eigenvalue weighted by atomic mass is 35.5. The summed E-state index contributed by atoms with van der Waals surface area (Å²) in [6.45, 7) is 5.69. The zero-order chi connectivity index (χ0) is 19.4. The van der Waals surface area contributed by atoms with Crippen molar-refractivity contribution in [2.45, 2.75) is 33.4 Å². The smallest absolute Gasteiger partial charge is 0.261 e. The van der Waals surface area contributed by atoms with E-state index in [0.29, 0.717) is 22.5 Å². The van der Waals surface area contributed by atoms with E-state index in [1.165, 1.54) is 0 Å². The Morgan fingerprint density at radius 1 is 1.22 bits per heavy atom. The first-order valence-corrected chi connectivity index (χ1v) is 8.90. The van der Waals surface area contributed by atoms with E-state index in [0.717, 1.165) is 16.7 Å². The first-order valence-electron chi connectivity index (χ1n) is 8.52. The monoisotopic (exact) mass is 385 g/mol. The van der Waals surface area contributed by atoms with Crippen LogP contribution in [-0.2, 0) is 11.3 Å². The molecule has 3 aromatic rings. The van der Waals surface area contributed by atoms with Crippen molar-refractivity contribution in [2.75, 3.05) is 0 Å². The zero-order valence-corrected chi connectivity index (χ0v) is 16.1. The lowest BCUT2D eigenvalue weighted by atomic mass is 10.1. The molecule has 6 nitrogen and oxygen atoms in total. The molecule has 0 aliphatic carbocycles. The Morgan fingerprint density at radius 3 is 2.67 bits per heavy atom. The second-order valence-corrected chi connectivity index (χ2v) is 6.67. The summed E-state index contributed by atoms with van der Waals surface area (Å²) in [5.74, 6) is 1.12. The Labute approximate surface area is 162 Å². The summed E-state index contributed by atoms with van der Waals surface area (Å²) in [4.78, 5) is 16.5. The van der Waals surface area contributed by atoms with Gasteiger partial charge in [0.1, 0.15) is 5.75 Å². The lowest BCUT2D eigenvalue weighted by molar-refractivity contribution is -0.127. The van der Waals surface area contributed by atoms with Crippen molar-refractivity contribution in [3.63, 3.8) is 0 Å². The Hall–Kier alpha value is -2.86. The van der Waals surface area contributed by atoms with E-state index in [1.807, 2.05) is 38.1 Å². The minimum Gasteiger partial charge on any atom is -0.481 e. The fourth-order valence-electron chi connectivity index (χ4n) is 2.40. The van der Waals surface area contributed by atoms with Crippen molar-refractivity contribution in [2.24, 2.45) is 0 Å². The number of carbonyl (C=O) groups is 1. The molecule has 0 bridgehead atoms. The van der Waals surface area contributed by atoms with Crippen LogP contribution in [0.25, 0.3) is 11.4 Å². The lowest BCUT2D eigenvalue weighted by Gasteiger charge is -2.14. The Kier molecular flexibility index (Phi) is 5.76. The van der Waals surface area contributed by atoms with Crippen molar-refractivity contribution in [1.29, 1.82) is 0 Å². The van der Waals surface area contributed by atoms with Crippen LogP contribution in [0.2, 0.25) is 5.02 Å². The summed E-state index contributed by atoms with van der Waals surface area (Å²) in [6, 6.07) is 13.1. The largest absolute Gasteiger partial charge is 0.481 e. The first kappa shape index (κ1) is 18.9. The fraction of sp³-hybridized carbons (Fsp3) is 0.250. The second-order valence-electron chi connectivity index (χ2n) is 6.27. The Morgan fingerprint density at radius 2 is 1.96 bits per heavy atom. The normalized spacial score (nSPS) is 11.9. The van der Waals surface area contributed by atoms with Crippen LogP contribution in [-0.4, -0.2) is 22.2 Å². The molecule has 0 saturated carbocycles. The zero-order valence-electron chi connectivity index (χ0n) is 15.3. The number of amides is 1. The van der Waals surface area contributed by atoms with Crippen LogP contribution in [0.5, 0.6) is 5.75 Å². The molecular formula is C20H20ClN3O3. The molecule has 1 amide bonds. The molecule has 2 aromatic carbocycles. The highest BCUT2D eigenvalue weighted by Crippen LogP contribution is 2.22. The summed E-state index contributed by atoms with van der Waals surface area (Å²) in [5, 5.41) is 7.33. The predicted molar refractivity (Wildman–Crippen MR) is 103 cm³/mol. The van der Waals surface area contributed by atoms with Gasteiger partial charge in [-0.25, -0.2) is 0 Å². The van der Waals surface area contributed by atoms with Gasteiger partial charge in [0.2, 0.25) is 11.7 Å². The van der Waals surface area contributed by atoms with E-state index in [-0.39, 0.29) is 12.5 Å². The number of ether oxygens (including phenoxy) is 1. The molecule has 0 saturated heterocycles. The number of hydrogen-bond acceptors (Lipinski definition) is 5. The minimum absolute atomic E-state index is 0.130. The molecule has 1 N–H and O–H groups in total. The fourth-order valence-corrected chi connectivity index (χ4v) is 2.52. The van der Waals surface area contributed by atoms with Gasteiger partial charge < -0.3 is 14.6 Å². The van der Waals surface area contributed by atoms with Crippen LogP contribution in [0.1, 0.15) is 23.9 Å². The molecule has 0 fully saturated rings. The van der Waals surface area contributed by atoms with Gasteiger partial charge in [-0.1, -0.05) is 46.6 Å². The van der Waals surface area contributed by atoms with Crippen molar-refractivity contribution in [3.05, 3.63) is 64.5 Å². The van der Waals surface area contributed by atoms with Crippen LogP contribution in [0, 0.1) is 13.8 Å². The molecule has 0 aliphatic rings.